The quantitative estimate of drug-likeness (QED) is 0.905. The van der Waals surface area contributed by atoms with Crippen molar-refractivity contribution in [2.45, 2.75) is 46.0 Å². The zero-order chi connectivity index (χ0) is 15.1. The van der Waals surface area contributed by atoms with E-state index in [2.05, 4.69) is 34.0 Å². The summed E-state index contributed by atoms with van der Waals surface area (Å²) < 4.78 is 0. The molecular weight excluding hydrogens is 264 g/mol. The Hall–Kier alpha value is -1.65. The molecule has 1 fully saturated rings. The Labute approximate surface area is 127 Å². The molecule has 1 aliphatic rings. The van der Waals surface area contributed by atoms with Gasteiger partial charge in [-0.15, -0.1) is 0 Å². The molecule has 0 aromatic carbocycles. The van der Waals surface area contributed by atoms with Gasteiger partial charge >= 0.3 is 0 Å². The number of amides is 1. The summed E-state index contributed by atoms with van der Waals surface area (Å²) in [6.45, 7) is 7.03. The fourth-order valence-corrected chi connectivity index (χ4v) is 2.51. The van der Waals surface area contributed by atoms with E-state index in [9.17, 15) is 4.79 Å². The number of anilines is 1. The maximum atomic E-state index is 12.1. The number of carbonyl (C=O) groups excluding carboxylic acids is 1. The molecule has 2 rings (SSSR count). The number of aromatic nitrogens is 2. The Morgan fingerprint density at radius 1 is 1.24 bits per heavy atom. The first-order valence-electron chi connectivity index (χ1n) is 8.02. The fraction of sp³-hybridized carbons (Fsp3) is 0.688. The van der Waals surface area contributed by atoms with Gasteiger partial charge in [0.2, 0.25) is 0 Å². The van der Waals surface area contributed by atoms with E-state index in [4.69, 9.17) is 0 Å². The van der Waals surface area contributed by atoms with E-state index in [1.165, 1.54) is 32.0 Å². The normalized spacial score (nSPS) is 15.9. The predicted octanol–water partition coefficient (Wildman–Crippen LogP) is 2.63. The van der Waals surface area contributed by atoms with Gasteiger partial charge in [-0.1, -0.05) is 26.7 Å². The number of nitrogens with zero attached hydrogens (tertiary/aromatic N) is 3. The van der Waals surface area contributed by atoms with Gasteiger partial charge in [-0.2, -0.15) is 0 Å². The summed E-state index contributed by atoms with van der Waals surface area (Å²) in [6, 6.07) is 1.82. The van der Waals surface area contributed by atoms with Crippen molar-refractivity contribution in [1.29, 1.82) is 0 Å². The smallest absolute Gasteiger partial charge is 0.270 e. The van der Waals surface area contributed by atoms with Crippen LogP contribution in [0.4, 0.5) is 5.82 Å². The van der Waals surface area contributed by atoms with Crippen LogP contribution in [0.3, 0.4) is 0 Å². The minimum absolute atomic E-state index is 0.103. The molecule has 1 saturated heterocycles. The van der Waals surface area contributed by atoms with Gasteiger partial charge in [-0.3, -0.25) is 4.79 Å². The molecule has 116 valence electrons. The lowest BCUT2D eigenvalue weighted by Gasteiger charge is -2.21. The van der Waals surface area contributed by atoms with Crippen molar-refractivity contribution in [3.05, 3.63) is 18.1 Å². The highest BCUT2D eigenvalue weighted by Gasteiger charge is 2.14. The number of hydrogen-bond acceptors (Lipinski definition) is 4. The standard InChI is InChI=1S/C16H26N4O/c1-13(2)7-8-17-16(21)14-11-15(19-12-18-14)20-9-5-3-4-6-10-20/h11-13H,3-10H2,1-2H3,(H,17,21). The average molecular weight is 290 g/mol. The second-order valence-electron chi connectivity index (χ2n) is 6.10. The van der Waals surface area contributed by atoms with Gasteiger partial charge in [0.15, 0.2) is 0 Å². The lowest BCUT2D eigenvalue weighted by atomic mass is 10.1. The number of hydrogen-bond donors (Lipinski definition) is 1. The van der Waals surface area contributed by atoms with E-state index in [0.717, 1.165) is 25.3 Å². The maximum absolute atomic E-state index is 12.1. The minimum Gasteiger partial charge on any atom is -0.357 e. The number of nitrogens with one attached hydrogen (secondary N) is 1. The van der Waals surface area contributed by atoms with Crippen LogP contribution < -0.4 is 10.2 Å². The van der Waals surface area contributed by atoms with Crippen molar-refractivity contribution in [2.24, 2.45) is 5.92 Å². The molecule has 2 heterocycles. The molecule has 0 aliphatic carbocycles. The number of rotatable bonds is 5. The summed E-state index contributed by atoms with van der Waals surface area (Å²) in [6.07, 6.45) is 7.43. The Morgan fingerprint density at radius 2 is 1.95 bits per heavy atom. The lowest BCUT2D eigenvalue weighted by Crippen LogP contribution is -2.28. The van der Waals surface area contributed by atoms with E-state index in [1.807, 2.05) is 6.07 Å². The molecule has 1 aliphatic heterocycles. The maximum Gasteiger partial charge on any atom is 0.270 e. The van der Waals surface area contributed by atoms with Crippen molar-refractivity contribution in [2.75, 3.05) is 24.5 Å². The molecule has 5 heteroatoms. The summed E-state index contributed by atoms with van der Waals surface area (Å²) in [5, 5.41) is 2.93. The van der Waals surface area contributed by atoms with Gasteiger partial charge in [0.25, 0.3) is 5.91 Å². The molecule has 0 unspecified atom stereocenters. The van der Waals surface area contributed by atoms with Crippen molar-refractivity contribution in [3.8, 4) is 0 Å². The van der Waals surface area contributed by atoms with Crippen LogP contribution in [0.5, 0.6) is 0 Å². The average Bonchev–Trinajstić information content (AvgIpc) is 2.76. The monoisotopic (exact) mass is 290 g/mol. The topological polar surface area (TPSA) is 58.1 Å². The third-order valence-electron chi connectivity index (χ3n) is 3.82. The molecule has 21 heavy (non-hydrogen) atoms. The number of carbonyl (C=O) groups is 1. The van der Waals surface area contributed by atoms with E-state index < -0.39 is 0 Å². The summed E-state index contributed by atoms with van der Waals surface area (Å²) in [5.74, 6) is 1.36. The molecule has 0 atom stereocenters. The summed E-state index contributed by atoms with van der Waals surface area (Å²) >= 11 is 0. The largest absolute Gasteiger partial charge is 0.357 e. The molecule has 0 spiro atoms. The highest BCUT2D eigenvalue weighted by Crippen LogP contribution is 2.17. The third kappa shape index (κ3) is 4.99. The zero-order valence-electron chi connectivity index (χ0n) is 13.1. The van der Waals surface area contributed by atoms with Crippen LogP contribution in [-0.2, 0) is 0 Å². The first kappa shape index (κ1) is 15.7. The van der Waals surface area contributed by atoms with E-state index in [0.29, 0.717) is 18.2 Å². The van der Waals surface area contributed by atoms with Crippen LogP contribution in [0.25, 0.3) is 0 Å². The first-order valence-corrected chi connectivity index (χ1v) is 8.02. The van der Waals surface area contributed by atoms with Crippen LogP contribution in [0.2, 0.25) is 0 Å². The minimum atomic E-state index is -0.103. The Kier molecular flexibility index (Phi) is 5.96. The Balaban J connectivity index is 1.97. The van der Waals surface area contributed by atoms with Crippen LogP contribution in [0.15, 0.2) is 12.4 Å². The van der Waals surface area contributed by atoms with Crippen LogP contribution in [-0.4, -0.2) is 35.5 Å². The predicted molar refractivity (Wildman–Crippen MR) is 84.5 cm³/mol. The summed E-state index contributed by atoms with van der Waals surface area (Å²) in [4.78, 5) is 22.8. The zero-order valence-corrected chi connectivity index (χ0v) is 13.1. The van der Waals surface area contributed by atoms with E-state index in [-0.39, 0.29) is 5.91 Å². The van der Waals surface area contributed by atoms with Crippen molar-refractivity contribution in [1.82, 2.24) is 15.3 Å². The van der Waals surface area contributed by atoms with E-state index in [1.54, 1.807) is 0 Å². The molecule has 1 aromatic rings. The van der Waals surface area contributed by atoms with Gasteiger partial charge in [0.1, 0.15) is 17.8 Å². The van der Waals surface area contributed by atoms with Crippen LogP contribution >= 0.6 is 0 Å². The van der Waals surface area contributed by atoms with Crippen molar-refractivity contribution in [3.63, 3.8) is 0 Å². The van der Waals surface area contributed by atoms with Gasteiger partial charge in [0.05, 0.1) is 0 Å². The molecule has 0 saturated carbocycles. The summed E-state index contributed by atoms with van der Waals surface area (Å²) in [5.41, 5.74) is 0.466. The molecule has 1 amide bonds. The Morgan fingerprint density at radius 3 is 2.62 bits per heavy atom. The molecular formula is C16H26N4O. The third-order valence-corrected chi connectivity index (χ3v) is 3.82. The van der Waals surface area contributed by atoms with Gasteiger partial charge < -0.3 is 10.2 Å². The molecule has 1 N–H and O–H groups in total. The second kappa shape index (κ2) is 7.96. The highest BCUT2D eigenvalue weighted by molar-refractivity contribution is 5.92. The molecule has 0 bridgehead atoms. The molecule has 1 aromatic heterocycles. The lowest BCUT2D eigenvalue weighted by molar-refractivity contribution is 0.0947. The molecule has 5 nitrogen and oxygen atoms in total. The first-order chi connectivity index (χ1) is 10.2. The Bertz CT molecular complexity index is 453. The fourth-order valence-electron chi connectivity index (χ4n) is 2.51. The van der Waals surface area contributed by atoms with E-state index >= 15 is 0 Å². The van der Waals surface area contributed by atoms with Crippen molar-refractivity contribution >= 4 is 11.7 Å². The highest BCUT2D eigenvalue weighted by atomic mass is 16.1. The van der Waals surface area contributed by atoms with Crippen molar-refractivity contribution < 1.29 is 4.79 Å². The second-order valence-corrected chi connectivity index (χ2v) is 6.10. The molecule has 0 radical (unpaired) electrons. The summed E-state index contributed by atoms with van der Waals surface area (Å²) in [7, 11) is 0. The SMILES string of the molecule is CC(C)CCNC(=O)c1cc(N2CCCCCC2)ncn1. The van der Waals surface area contributed by atoms with Crippen LogP contribution in [0.1, 0.15) is 56.4 Å². The van der Waals surface area contributed by atoms with Gasteiger partial charge in [-0.05, 0) is 25.2 Å². The van der Waals surface area contributed by atoms with Gasteiger partial charge in [0, 0.05) is 25.7 Å². The van der Waals surface area contributed by atoms with Gasteiger partial charge in [-0.25, -0.2) is 9.97 Å². The van der Waals surface area contributed by atoms with Crippen LogP contribution in [0, 0.1) is 5.92 Å².